The molecule has 0 saturated carbocycles. The van der Waals surface area contributed by atoms with E-state index in [9.17, 15) is 4.79 Å². The fourth-order valence-electron chi connectivity index (χ4n) is 1.43. The lowest BCUT2D eigenvalue weighted by molar-refractivity contribution is -0.130. The largest absolute Gasteiger partial charge is 0.341 e. The molecule has 16 heavy (non-hydrogen) atoms. The van der Waals surface area contributed by atoms with E-state index in [4.69, 9.17) is 0 Å². The molecule has 0 fully saturated rings. The third-order valence-electron chi connectivity index (χ3n) is 2.54. The predicted octanol–water partition coefficient (Wildman–Crippen LogP) is 2.01. The zero-order chi connectivity index (χ0) is 12.0. The second-order valence-electron chi connectivity index (χ2n) is 3.88. The van der Waals surface area contributed by atoms with Crippen molar-refractivity contribution in [2.75, 3.05) is 20.1 Å². The molecule has 1 N–H and O–H groups in total. The van der Waals surface area contributed by atoms with Crippen LogP contribution in [-0.4, -0.2) is 30.9 Å². The van der Waals surface area contributed by atoms with Crippen LogP contribution in [0.25, 0.3) is 0 Å². The van der Waals surface area contributed by atoms with Crippen LogP contribution < -0.4 is 5.32 Å². The van der Waals surface area contributed by atoms with Gasteiger partial charge in [0.25, 0.3) is 0 Å². The Balaban J connectivity index is 2.37. The first-order chi connectivity index (χ1) is 7.65. The van der Waals surface area contributed by atoms with Gasteiger partial charge in [0, 0.05) is 24.9 Å². The molecular formula is C12H20N2OS. The van der Waals surface area contributed by atoms with Crippen molar-refractivity contribution in [3.63, 3.8) is 0 Å². The summed E-state index contributed by atoms with van der Waals surface area (Å²) in [6.07, 6.45) is 0.578. The molecule has 90 valence electrons. The molecule has 0 aromatic carbocycles. The number of rotatable bonds is 6. The lowest BCUT2D eigenvalue weighted by atomic mass is 10.2. The quantitative estimate of drug-likeness (QED) is 0.772. The highest BCUT2D eigenvalue weighted by molar-refractivity contribution is 7.10. The molecule has 0 aliphatic rings. The van der Waals surface area contributed by atoms with Gasteiger partial charge in [0.2, 0.25) is 5.91 Å². The van der Waals surface area contributed by atoms with E-state index >= 15 is 0 Å². The first kappa shape index (κ1) is 13.2. The molecule has 3 nitrogen and oxygen atoms in total. The molecule has 1 aromatic heterocycles. The van der Waals surface area contributed by atoms with Gasteiger partial charge >= 0.3 is 0 Å². The molecule has 1 rings (SSSR count). The van der Waals surface area contributed by atoms with Gasteiger partial charge in [-0.3, -0.25) is 4.79 Å². The fourth-order valence-corrected chi connectivity index (χ4v) is 2.39. The first-order valence-corrected chi connectivity index (χ1v) is 6.50. The van der Waals surface area contributed by atoms with Gasteiger partial charge in [0.1, 0.15) is 0 Å². The molecule has 0 unspecified atom stereocenters. The van der Waals surface area contributed by atoms with Crippen LogP contribution >= 0.6 is 11.3 Å². The minimum Gasteiger partial charge on any atom is -0.341 e. The van der Waals surface area contributed by atoms with Crippen molar-refractivity contribution in [1.29, 1.82) is 0 Å². The zero-order valence-corrected chi connectivity index (χ0v) is 11.1. The lowest BCUT2D eigenvalue weighted by Gasteiger charge is -2.16. The van der Waals surface area contributed by atoms with Crippen molar-refractivity contribution in [3.8, 4) is 0 Å². The minimum atomic E-state index is 0.203. The monoisotopic (exact) mass is 240 g/mol. The van der Waals surface area contributed by atoms with Crippen LogP contribution in [0.15, 0.2) is 11.4 Å². The average Bonchev–Trinajstić information content (AvgIpc) is 2.64. The summed E-state index contributed by atoms with van der Waals surface area (Å²) in [7, 11) is 1.87. The van der Waals surface area contributed by atoms with E-state index in [2.05, 4.69) is 23.7 Å². The third kappa shape index (κ3) is 3.94. The summed E-state index contributed by atoms with van der Waals surface area (Å²) >= 11 is 1.71. The van der Waals surface area contributed by atoms with Crippen LogP contribution in [0.2, 0.25) is 0 Å². The number of carbonyl (C=O) groups excluding carboxylic acids is 1. The van der Waals surface area contributed by atoms with Gasteiger partial charge in [-0.15, -0.1) is 11.3 Å². The van der Waals surface area contributed by atoms with Gasteiger partial charge < -0.3 is 10.2 Å². The highest BCUT2D eigenvalue weighted by Crippen LogP contribution is 2.17. The van der Waals surface area contributed by atoms with Crippen LogP contribution in [0.3, 0.4) is 0 Å². The summed E-state index contributed by atoms with van der Waals surface area (Å²) in [6, 6.07) is 2.09. The number of amides is 1. The first-order valence-electron chi connectivity index (χ1n) is 5.62. The number of hydrogen-bond acceptors (Lipinski definition) is 3. The second-order valence-corrected chi connectivity index (χ2v) is 4.88. The Morgan fingerprint density at radius 1 is 1.56 bits per heavy atom. The van der Waals surface area contributed by atoms with E-state index < -0.39 is 0 Å². The van der Waals surface area contributed by atoms with Crippen LogP contribution in [0.5, 0.6) is 0 Å². The maximum absolute atomic E-state index is 11.7. The standard InChI is InChI=1S/C12H20N2OS/c1-4-13-7-5-12(15)14(3)9-11-10(2)6-8-16-11/h6,8,13H,4-5,7,9H2,1-3H3. The van der Waals surface area contributed by atoms with E-state index in [-0.39, 0.29) is 5.91 Å². The van der Waals surface area contributed by atoms with E-state index in [0.29, 0.717) is 6.42 Å². The van der Waals surface area contributed by atoms with Gasteiger partial charge in [-0.1, -0.05) is 6.92 Å². The Morgan fingerprint density at radius 3 is 2.88 bits per heavy atom. The summed E-state index contributed by atoms with van der Waals surface area (Å²) in [4.78, 5) is 14.8. The van der Waals surface area contributed by atoms with Crippen molar-refractivity contribution in [2.45, 2.75) is 26.8 Å². The van der Waals surface area contributed by atoms with E-state index in [0.717, 1.165) is 19.6 Å². The molecule has 4 heteroatoms. The average molecular weight is 240 g/mol. The molecule has 0 aliphatic carbocycles. The number of hydrogen-bond donors (Lipinski definition) is 1. The predicted molar refractivity (Wildman–Crippen MR) is 68.7 cm³/mol. The number of nitrogens with one attached hydrogen (secondary N) is 1. The van der Waals surface area contributed by atoms with Crippen LogP contribution in [0.1, 0.15) is 23.8 Å². The zero-order valence-electron chi connectivity index (χ0n) is 10.2. The Hall–Kier alpha value is -0.870. The summed E-state index contributed by atoms with van der Waals surface area (Å²) in [5.41, 5.74) is 1.27. The van der Waals surface area contributed by atoms with E-state index in [1.807, 2.05) is 14.0 Å². The Kier molecular flexibility index (Phi) is 5.49. The number of nitrogens with zero attached hydrogens (tertiary/aromatic N) is 1. The van der Waals surface area contributed by atoms with E-state index in [1.165, 1.54) is 10.4 Å². The number of aryl methyl sites for hydroxylation is 1. The van der Waals surface area contributed by atoms with Crippen molar-refractivity contribution >= 4 is 17.2 Å². The van der Waals surface area contributed by atoms with Crippen molar-refractivity contribution in [3.05, 3.63) is 21.9 Å². The summed E-state index contributed by atoms with van der Waals surface area (Å²) in [6.45, 7) is 6.55. The van der Waals surface area contributed by atoms with E-state index in [1.54, 1.807) is 16.2 Å². The fraction of sp³-hybridized carbons (Fsp3) is 0.583. The second kappa shape index (κ2) is 6.66. The summed E-state index contributed by atoms with van der Waals surface area (Å²) in [5.74, 6) is 0.203. The number of thiophene rings is 1. The van der Waals surface area contributed by atoms with Crippen molar-refractivity contribution in [1.82, 2.24) is 10.2 Å². The highest BCUT2D eigenvalue weighted by Gasteiger charge is 2.10. The van der Waals surface area contributed by atoms with Crippen LogP contribution in [0, 0.1) is 6.92 Å². The Bertz CT molecular complexity index is 336. The summed E-state index contributed by atoms with van der Waals surface area (Å²) < 4.78 is 0. The third-order valence-corrected chi connectivity index (χ3v) is 3.55. The maximum Gasteiger partial charge on any atom is 0.223 e. The van der Waals surface area contributed by atoms with Crippen LogP contribution in [0.4, 0.5) is 0 Å². The van der Waals surface area contributed by atoms with Gasteiger partial charge in [-0.2, -0.15) is 0 Å². The Labute approximate surface area is 101 Å². The Morgan fingerprint density at radius 2 is 2.31 bits per heavy atom. The lowest BCUT2D eigenvalue weighted by Crippen LogP contribution is -2.29. The maximum atomic E-state index is 11.7. The topological polar surface area (TPSA) is 32.3 Å². The molecule has 1 amide bonds. The van der Waals surface area contributed by atoms with Crippen molar-refractivity contribution in [2.24, 2.45) is 0 Å². The minimum absolute atomic E-state index is 0.203. The summed E-state index contributed by atoms with van der Waals surface area (Å²) in [5, 5.41) is 5.23. The van der Waals surface area contributed by atoms with Crippen molar-refractivity contribution < 1.29 is 4.79 Å². The number of carbonyl (C=O) groups is 1. The van der Waals surface area contributed by atoms with Gasteiger partial charge in [-0.05, 0) is 30.5 Å². The molecule has 1 heterocycles. The highest BCUT2D eigenvalue weighted by atomic mass is 32.1. The molecule has 1 aromatic rings. The SMILES string of the molecule is CCNCCC(=O)N(C)Cc1sccc1C. The van der Waals surface area contributed by atoms with Gasteiger partial charge in [0.15, 0.2) is 0 Å². The van der Waals surface area contributed by atoms with Gasteiger partial charge in [-0.25, -0.2) is 0 Å². The molecule has 0 spiro atoms. The molecule has 0 atom stereocenters. The molecule has 0 saturated heterocycles. The van der Waals surface area contributed by atoms with Crippen LogP contribution in [-0.2, 0) is 11.3 Å². The normalized spacial score (nSPS) is 10.4. The molecular weight excluding hydrogens is 220 g/mol. The smallest absolute Gasteiger partial charge is 0.223 e. The molecule has 0 radical (unpaired) electrons. The van der Waals surface area contributed by atoms with Gasteiger partial charge in [0.05, 0.1) is 6.54 Å². The molecule has 0 bridgehead atoms. The molecule has 0 aliphatic heterocycles.